The van der Waals surface area contributed by atoms with Crippen LogP contribution in [0.1, 0.15) is 18.2 Å². The van der Waals surface area contributed by atoms with E-state index >= 15 is 0 Å². The second-order valence-corrected chi connectivity index (χ2v) is 7.10. The van der Waals surface area contributed by atoms with Crippen LogP contribution in [0.15, 0.2) is 42.7 Å². The summed E-state index contributed by atoms with van der Waals surface area (Å²) >= 11 is 0. The number of aromatic nitrogens is 2. The zero-order chi connectivity index (χ0) is 23.8. The number of nitrogens with zero attached hydrogens (tertiary/aromatic N) is 2. The maximum atomic E-state index is 12.0. The molecule has 0 aliphatic heterocycles. The molecule has 33 heavy (non-hydrogen) atoms. The highest BCUT2D eigenvalue weighted by molar-refractivity contribution is 6.01. The normalized spacial score (nSPS) is 10.4. The van der Waals surface area contributed by atoms with E-state index in [4.69, 9.17) is 0 Å². The second kappa shape index (κ2) is 10.9. The lowest BCUT2D eigenvalue weighted by atomic mass is 9.96. The number of pyridine rings is 2. The average molecular weight is 450 g/mol. The molecule has 4 amide bonds. The number of fused-ring (bicyclic) bond motifs is 1. The van der Waals surface area contributed by atoms with E-state index in [1.807, 2.05) is 31.2 Å². The van der Waals surface area contributed by atoms with Crippen molar-refractivity contribution >= 4 is 34.6 Å². The Hall–Kier alpha value is -4.21. The lowest BCUT2D eigenvalue weighted by molar-refractivity contribution is -0.120. The van der Waals surface area contributed by atoms with E-state index in [1.165, 1.54) is 7.11 Å². The van der Waals surface area contributed by atoms with E-state index in [1.54, 1.807) is 25.5 Å². The fourth-order valence-electron chi connectivity index (χ4n) is 3.33. The second-order valence-electron chi connectivity index (χ2n) is 7.10. The summed E-state index contributed by atoms with van der Waals surface area (Å²) in [4.78, 5) is 44.0. The molecule has 172 valence electrons. The van der Waals surface area contributed by atoms with Crippen molar-refractivity contribution in [3.05, 3.63) is 54.0 Å². The Labute approximate surface area is 191 Å². The highest BCUT2D eigenvalue weighted by Gasteiger charge is 2.13. The van der Waals surface area contributed by atoms with Gasteiger partial charge in [-0.2, -0.15) is 0 Å². The molecule has 3 aromatic rings. The first kappa shape index (κ1) is 23.5. The molecule has 0 fully saturated rings. The lowest BCUT2D eigenvalue weighted by Crippen LogP contribution is -2.28. The standard InChI is InChI=1S/C23H26N6O4/c1-4-25-22(31)29-20-11-18-17(14-7-8-26-16(9-14)10-21(30)24-2)6-5-15(19(18)13-27-20)12-28-23(32)33-3/h5-9,11,13H,4,10,12H2,1-3H3,(H,24,30)(H,28,32)(H2,25,27,29,31). The first-order valence-corrected chi connectivity index (χ1v) is 10.4. The average Bonchev–Trinajstić information content (AvgIpc) is 2.82. The van der Waals surface area contributed by atoms with Gasteiger partial charge >= 0.3 is 12.1 Å². The monoisotopic (exact) mass is 450 g/mol. The molecule has 1 aromatic carbocycles. The number of hydrogen-bond acceptors (Lipinski definition) is 6. The summed E-state index contributed by atoms with van der Waals surface area (Å²) < 4.78 is 4.66. The van der Waals surface area contributed by atoms with Gasteiger partial charge in [-0.1, -0.05) is 12.1 Å². The van der Waals surface area contributed by atoms with Gasteiger partial charge in [0.2, 0.25) is 5.91 Å². The summed E-state index contributed by atoms with van der Waals surface area (Å²) in [6.07, 6.45) is 2.93. The number of ether oxygens (including phenoxy) is 1. The van der Waals surface area contributed by atoms with Gasteiger partial charge in [0, 0.05) is 37.9 Å². The summed E-state index contributed by atoms with van der Waals surface area (Å²) in [6.45, 7) is 2.55. The van der Waals surface area contributed by atoms with E-state index in [-0.39, 0.29) is 24.9 Å². The van der Waals surface area contributed by atoms with Crippen molar-refractivity contribution in [2.75, 3.05) is 26.0 Å². The number of likely N-dealkylation sites (N-methyl/N-ethyl adjacent to an activating group) is 1. The lowest BCUT2D eigenvalue weighted by Gasteiger charge is -2.14. The number of amides is 4. The number of methoxy groups -OCH3 is 1. The van der Waals surface area contributed by atoms with Gasteiger partial charge in [0.05, 0.1) is 19.2 Å². The highest BCUT2D eigenvalue weighted by atomic mass is 16.5. The van der Waals surface area contributed by atoms with Gasteiger partial charge in [-0.15, -0.1) is 0 Å². The van der Waals surface area contributed by atoms with E-state index in [2.05, 4.69) is 36.0 Å². The predicted molar refractivity (Wildman–Crippen MR) is 125 cm³/mol. The molecule has 0 unspecified atom stereocenters. The molecule has 10 nitrogen and oxygen atoms in total. The largest absolute Gasteiger partial charge is 0.453 e. The zero-order valence-electron chi connectivity index (χ0n) is 18.7. The summed E-state index contributed by atoms with van der Waals surface area (Å²) in [7, 11) is 2.88. The first-order chi connectivity index (χ1) is 15.9. The van der Waals surface area contributed by atoms with Gasteiger partial charge in [0.25, 0.3) is 0 Å². The van der Waals surface area contributed by atoms with Gasteiger partial charge in [-0.3, -0.25) is 15.1 Å². The van der Waals surface area contributed by atoms with Crippen LogP contribution in [0.5, 0.6) is 0 Å². The molecule has 0 aliphatic carbocycles. The Morgan fingerprint density at radius 2 is 1.85 bits per heavy atom. The van der Waals surface area contributed by atoms with Crippen molar-refractivity contribution in [2.24, 2.45) is 0 Å². The molecule has 2 heterocycles. The Kier molecular flexibility index (Phi) is 7.74. The molecule has 0 radical (unpaired) electrons. The fraction of sp³-hybridized carbons (Fsp3) is 0.261. The minimum Gasteiger partial charge on any atom is -0.453 e. The number of urea groups is 1. The topological polar surface area (TPSA) is 134 Å². The van der Waals surface area contributed by atoms with Crippen molar-refractivity contribution in [1.29, 1.82) is 0 Å². The highest BCUT2D eigenvalue weighted by Crippen LogP contribution is 2.32. The van der Waals surface area contributed by atoms with Crippen LogP contribution >= 0.6 is 0 Å². The minimum absolute atomic E-state index is 0.133. The van der Waals surface area contributed by atoms with Crippen LogP contribution in [-0.2, 0) is 22.5 Å². The Balaban J connectivity index is 2.07. The molecular formula is C23H26N6O4. The van der Waals surface area contributed by atoms with Gasteiger partial charge in [0.1, 0.15) is 5.82 Å². The number of hydrogen-bond donors (Lipinski definition) is 4. The Morgan fingerprint density at radius 1 is 1.03 bits per heavy atom. The van der Waals surface area contributed by atoms with E-state index in [0.29, 0.717) is 18.1 Å². The van der Waals surface area contributed by atoms with Crippen molar-refractivity contribution in [3.8, 4) is 11.1 Å². The van der Waals surface area contributed by atoms with E-state index < -0.39 is 6.09 Å². The number of alkyl carbamates (subject to hydrolysis) is 1. The molecule has 0 atom stereocenters. The van der Waals surface area contributed by atoms with Crippen molar-refractivity contribution < 1.29 is 19.1 Å². The van der Waals surface area contributed by atoms with Crippen molar-refractivity contribution in [2.45, 2.75) is 19.9 Å². The number of rotatable bonds is 7. The third-order valence-corrected chi connectivity index (χ3v) is 4.93. The number of carbonyl (C=O) groups excluding carboxylic acids is 3. The minimum atomic E-state index is -0.539. The van der Waals surface area contributed by atoms with Crippen LogP contribution in [0.4, 0.5) is 15.4 Å². The molecule has 3 rings (SSSR count). The van der Waals surface area contributed by atoms with Crippen LogP contribution < -0.4 is 21.3 Å². The molecule has 0 saturated carbocycles. The third-order valence-electron chi connectivity index (χ3n) is 4.93. The maximum Gasteiger partial charge on any atom is 0.407 e. The van der Waals surface area contributed by atoms with E-state index in [9.17, 15) is 14.4 Å². The van der Waals surface area contributed by atoms with Crippen LogP contribution in [-0.4, -0.2) is 48.7 Å². The van der Waals surface area contributed by atoms with E-state index in [0.717, 1.165) is 27.5 Å². The molecule has 0 aliphatic rings. The third kappa shape index (κ3) is 5.94. The number of benzene rings is 1. The van der Waals surface area contributed by atoms with Crippen LogP contribution in [0.3, 0.4) is 0 Å². The Bertz CT molecular complexity index is 1180. The molecule has 0 saturated heterocycles. The van der Waals surface area contributed by atoms with Gasteiger partial charge in [-0.05, 0) is 47.2 Å². The Morgan fingerprint density at radius 3 is 2.58 bits per heavy atom. The van der Waals surface area contributed by atoms with Gasteiger partial charge in [-0.25, -0.2) is 14.6 Å². The molecule has 2 aromatic heterocycles. The van der Waals surface area contributed by atoms with Crippen LogP contribution in [0, 0.1) is 0 Å². The van der Waals surface area contributed by atoms with Crippen molar-refractivity contribution in [1.82, 2.24) is 25.9 Å². The molecule has 0 bridgehead atoms. The molecular weight excluding hydrogens is 424 g/mol. The van der Waals surface area contributed by atoms with Gasteiger partial charge < -0.3 is 20.7 Å². The molecule has 4 N–H and O–H groups in total. The predicted octanol–water partition coefficient (Wildman–Crippen LogP) is 2.58. The maximum absolute atomic E-state index is 12.0. The zero-order valence-corrected chi connectivity index (χ0v) is 18.7. The fourth-order valence-corrected chi connectivity index (χ4v) is 3.33. The molecule has 10 heteroatoms. The van der Waals surface area contributed by atoms with Gasteiger partial charge in [0.15, 0.2) is 0 Å². The number of carbonyl (C=O) groups is 3. The summed E-state index contributed by atoms with van der Waals surface area (Å²) in [5, 5.41) is 12.3. The summed E-state index contributed by atoms with van der Waals surface area (Å²) in [6, 6.07) is 8.95. The number of nitrogens with one attached hydrogen (secondary N) is 4. The summed E-state index contributed by atoms with van der Waals surface area (Å²) in [5.41, 5.74) is 3.19. The van der Waals surface area contributed by atoms with Crippen LogP contribution in [0.2, 0.25) is 0 Å². The van der Waals surface area contributed by atoms with Crippen molar-refractivity contribution in [3.63, 3.8) is 0 Å². The first-order valence-electron chi connectivity index (χ1n) is 10.4. The smallest absolute Gasteiger partial charge is 0.407 e. The quantitative estimate of drug-likeness (QED) is 0.437. The SMILES string of the molecule is CCNC(=O)Nc1cc2c(-c3ccnc(CC(=O)NC)c3)ccc(CNC(=O)OC)c2cn1. The summed E-state index contributed by atoms with van der Waals surface area (Å²) in [5.74, 6) is 0.249. The van der Waals surface area contributed by atoms with Crippen LogP contribution in [0.25, 0.3) is 21.9 Å². The molecule has 0 spiro atoms. The number of anilines is 1.